The lowest BCUT2D eigenvalue weighted by Crippen LogP contribution is -2.59. The second kappa shape index (κ2) is 23.4. The zero-order valence-corrected chi connectivity index (χ0v) is 48.7. The van der Waals surface area contributed by atoms with Crippen molar-refractivity contribution in [2.24, 2.45) is 5.41 Å². The van der Waals surface area contributed by atoms with Crippen LogP contribution in [0.4, 0.5) is 15.9 Å². The first-order valence-electron chi connectivity index (χ1n) is 28.0. The molecule has 8 aromatic rings. The van der Waals surface area contributed by atoms with Crippen LogP contribution in [0, 0.1) is 12.3 Å². The molecule has 19 nitrogen and oxygen atoms in total. The number of benzene rings is 5. The van der Waals surface area contributed by atoms with E-state index in [1.807, 2.05) is 49.4 Å². The Hall–Kier alpha value is -8.31. The van der Waals surface area contributed by atoms with Crippen molar-refractivity contribution in [3.05, 3.63) is 149 Å². The average Bonchev–Trinajstić information content (AvgIpc) is 2.36. The van der Waals surface area contributed by atoms with Crippen LogP contribution in [-0.2, 0) is 43.9 Å². The number of fused-ring (bicyclic) bond motifs is 1. The number of β-amino-alcohol motifs (C(OH)–C–C–N with tert-alkyl or cyclic N) is 1. The van der Waals surface area contributed by atoms with Crippen molar-refractivity contribution in [1.82, 2.24) is 44.8 Å². The number of nitrogens with two attached hydrogens (primary N) is 1. The number of nitrogens with one attached hydrogen (secondary N) is 2. The first-order valence-corrected chi connectivity index (χ1v) is 30.3. The normalized spacial score (nSPS) is 17.5. The van der Waals surface area contributed by atoms with E-state index in [0.29, 0.717) is 57.0 Å². The van der Waals surface area contributed by atoms with Crippen LogP contribution in [0.3, 0.4) is 0 Å². The van der Waals surface area contributed by atoms with E-state index in [2.05, 4.69) is 60.0 Å². The number of phenols is 1. The predicted octanol–water partition coefficient (Wildman–Crippen LogP) is 7.67. The Kier molecular flexibility index (Phi) is 16.0. The van der Waals surface area contributed by atoms with Crippen LogP contribution in [-0.4, -0.2) is 134 Å². The highest BCUT2D eigenvalue weighted by molar-refractivity contribution is 7.90. The van der Waals surface area contributed by atoms with Crippen molar-refractivity contribution < 1.29 is 42.1 Å². The minimum atomic E-state index is -4.03. The van der Waals surface area contributed by atoms with Crippen molar-refractivity contribution in [2.45, 2.75) is 95.2 Å². The summed E-state index contributed by atoms with van der Waals surface area (Å²) in [4.78, 5) is 52.8. The number of hydrogen-bond donors (Lipinski definition) is 5. The number of carbonyl (C=O) groups excluding carboxylic acids is 3. The Bertz CT molecular complexity index is 3880. The van der Waals surface area contributed by atoms with Gasteiger partial charge >= 0.3 is 0 Å². The predicted molar refractivity (Wildman–Crippen MR) is 319 cm³/mol. The Labute approximate surface area is 490 Å². The number of nitrogen functional groups attached to an aromatic ring is 1. The summed E-state index contributed by atoms with van der Waals surface area (Å²) < 4.78 is 50.3. The van der Waals surface area contributed by atoms with E-state index in [-0.39, 0.29) is 49.6 Å². The molecular formula is C62H66FN11O8S2. The molecule has 5 aromatic carbocycles. The molecule has 5 heterocycles. The molecule has 11 rings (SSSR count). The van der Waals surface area contributed by atoms with Gasteiger partial charge in [0, 0.05) is 80.7 Å². The molecule has 3 amide bonds. The number of ether oxygens (including phenoxy) is 1. The third-order valence-electron chi connectivity index (χ3n) is 15.8. The molecule has 2 saturated heterocycles. The van der Waals surface area contributed by atoms with Gasteiger partial charge in [-0.05, 0) is 84.3 Å². The third kappa shape index (κ3) is 12.2. The van der Waals surface area contributed by atoms with Gasteiger partial charge < -0.3 is 41.1 Å². The highest BCUT2D eigenvalue weighted by Gasteiger charge is 2.53. The number of alkyl halides is 1. The zero-order valence-electron chi connectivity index (χ0n) is 47.0. The zero-order chi connectivity index (χ0) is 59.1. The number of phenolic OH excluding ortho intramolecular Hbond substituents is 1. The number of nitrogens with zero attached hydrogens (tertiary/aromatic N) is 8. The van der Waals surface area contributed by atoms with Gasteiger partial charge in [-0.1, -0.05) is 99.1 Å². The molecule has 436 valence electrons. The van der Waals surface area contributed by atoms with Gasteiger partial charge in [0.15, 0.2) is 11.5 Å². The molecule has 0 spiro atoms. The molecule has 1 saturated carbocycles. The Morgan fingerprint density at radius 1 is 0.905 bits per heavy atom. The molecule has 1 aliphatic carbocycles. The number of aliphatic hydroxyl groups excluding tert-OH is 1. The summed E-state index contributed by atoms with van der Waals surface area (Å²) in [7, 11) is -4.03. The van der Waals surface area contributed by atoms with Crippen molar-refractivity contribution in [3.63, 3.8) is 0 Å². The molecule has 22 heteroatoms. The Balaban J connectivity index is 0.798. The van der Waals surface area contributed by atoms with Gasteiger partial charge in [-0.2, -0.15) is 17.6 Å². The van der Waals surface area contributed by atoms with Crippen LogP contribution in [0.2, 0.25) is 0 Å². The average molecular weight is 1180 g/mol. The quantitative estimate of drug-likeness (QED) is 0.0553. The van der Waals surface area contributed by atoms with E-state index in [0.717, 1.165) is 69.6 Å². The number of aromatic nitrogens is 5. The van der Waals surface area contributed by atoms with Crippen molar-refractivity contribution in [1.29, 1.82) is 0 Å². The van der Waals surface area contributed by atoms with Gasteiger partial charge in [-0.25, -0.2) is 9.37 Å². The van der Waals surface area contributed by atoms with Crippen molar-refractivity contribution in [3.8, 4) is 44.5 Å². The number of anilines is 2. The summed E-state index contributed by atoms with van der Waals surface area (Å²) in [5.41, 5.74) is 13.3. The summed E-state index contributed by atoms with van der Waals surface area (Å²) in [6.45, 7) is 11.1. The summed E-state index contributed by atoms with van der Waals surface area (Å²) in [5, 5.41) is 40.2. The number of amides is 3. The van der Waals surface area contributed by atoms with Crippen LogP contribution in [0.5, 0.6) is 11.5 Å². The molecule has 3 aliphatic rings. The molecule has 3 aromatic heterocycles. The summed E-state index contributed by atoms with van der Waals surface area (Å²) >= 11 is 1.40. The van der Waals surface area contributed by atoms with E-state index >= 15 is 0 Å². The first-order chi connectivity index (χ1) is 40.2. The standard InChI is InChI=1S/C62H66FN11O8S2/c1-38-9-19-46(20-10-38)84(80,81)74-49-29-41(15-17-43(49)34-67-74)54-55(83-37-66-54)42-16-18-44(33-65-58(77)51-31-45(75)36-73(51)59(78)56(61(2,3)4)68-60(79)62(63)22-23-62)53(30-42)82-28-21-39-11-13-40(14-12-39)35-71-24-26-72(27-25-71)50-32-48(69-70-57(50)64)47-7-5-6-8-52(47)76/h5-20,29-30,32,34,37,45,51,56,75-76H,21-28,31,33,35-36H2,1-4H3,(H2,64,70)(H,65,77)(H,68,79)/t45-,51+,56?/m1/s1. The first kappa shape index (κ1) is 57.5. The van der Waals surface area contributed by atoms with Crippen LogP contribution in [0.1, 0.15) is 62.3 Å². The lowest BCUT2D eigenvalue weighted by molar-refractivity contribution is -0.145. The number of likely N-dealkylation sites (tertiary alicyclic amines) is 1. The highest BCUT2D eigenvalue weighted by Crippen LogP contribution is 2.42. The number of para-hydroxylation sites is 1. The van der Waals surface area contributed by atoms with Gasteiger partial charge in [-0.3, -0.25) is 19.3 Å². The second-order valence-corrected chi connectivity index (χ2v) is 25.6. The van der Waals surface area contributed by atoms with E-state index in [1.54, 1.807) is 74.8 Å². The Morgan fingerprint density at radius 3 is 2.36 bits per heavy atom. The fourth-order valence-electron chi connectivity index (χ4n) is 10.8. The molecule has 84 heavy (non-hydrogen) atoms. The van der Waals surface area contributed by atoms with Gasteiger partial charge in [0.1, 0.15) is 23.6 Å². The van der Waals surface area contributed by atoms with Gasteiger partial charge in [0.05, 0.1) is 56.8 Å². The number of carbonyl (C=O) groups is 3. The molecule has 2 aliphatic heterocycles. The third-order valence-corrected chi connectivity index (χ3v) is 18.3. The maximum Gasteiger partial charge on any atom is 0.283 e. The SMILES string of the molecule is Cc1ccc(S(=O)(=O)n2ncc3ccc(-c4ncsc4-c4ccc(CNC(=O)[C@@H]5C[C@@H](O)CN5C(=O)C(NC(=O)C5(F)CC5)C(C)(C)C)c(OCCc5ccc(CN6CCN(c7cc(-c8ccccc8O)nnc7N)CC6)cc5)c4)cc32)cc1. The van der Waals surface area contributed by atoms with E-state index in [4.69, 9.17) is 15.5 Å². The molecule has 6 N–H and O–H groups in total. The Morgan fingerprint density at radius 2 is 1.63 bits per heavy atom. The maximum atomic E-state index is 14.9. The van der Waals surface area contributed by atoms with Crippen LogP contribution >= 0.6 is 11.3 Å². The van der Waals surface area contributed by atoms with Gasteiger partial charge in [-0.15, -0.1) is 21.5 Å². The second-order valence-electron chi connectivity index (χ2n) is 23.0. The largest absolute Gasteiger partial charge is 0.507 e. The van der Waals surface area contributed by atoms with E-state index < -0.39 is 57.0 Å². The maximum absolute atomic E-state index is 14.9. The molecule has 1 unspecified atom stereocenters. The number of aryl methyl sites for hydroxylation is 1. The number of halogens is 1. The van der Waals surface area contributed by atoms with Crippen LogP contribution < -0.4 is 26.0 Å². The lowest BCUT2D eigenvalue weighted by Gasteiger charge is -2.36. The number of thiazole rings is 1. The van der Waals surface area contributed by atoms with Crippen molar-refractivity contribution >= 4 is 61.5 Å². The van der Waals surface area contributed by atoms with E-state index in [9.17, 15) is 37.4 Å². The summed E-state index contributed by atoms with van der Waals surface area (Å²) in [6.07, 6.45) is 1.19. The van der Waals surface area contributed by atoms with Gasteiger partial charge in [0.25, 0.3) is 15.9 Å². The number of rotatable bonds is 18. The molecule has 0 bridgehead atoms. The summed E-state index contributed by atoms with van der Waals surface area (Å²) in [5.74, 6) is -1.01. The minimum Gasteiger partial charge on any atom is -0.507 e. The fraction of sp³-hybridized carbons (Fsp3) is 0.339. The van der Waals surface area contributed by atoms with E-state index in [1.165, 1.54) is 22.4 Å². The number of aromatic hydroxyl groups is 1. The highest BCUT2D eigenvalue weighted by atomic mass is 32.2. The van der Waals surface area contributed by atoms with Crippen LogP contribution in [0.15, 0.2) is 132 Å². The van der Waals surface area contributed by atoms with Crippen LogP contribution in [0.25, 0.3) is 43.9 Å². The van der Waals surface area contributed by atoms with Gasteiger partial charge in [0.2, 0.25) is 11.8 Å². The lowest BCUT2D eigenvalue weighted by atomic mass is 9.85. The fourth-order valence-corrected chi connectivity index (χ4v) is 12.8. The molecule has 3 fully saturated rings. The molecule has 3 atom stereocenters. The summed E-state index contributed by atoms with van der Waals surface area (Å²) in [6, 6.07) is 32.8. The number of aliphatic hydroxyl groups is 1. The minimum absolute atomic E-state index is 0.00634. The number of piperazine rings is 1. The van der Waals surface area contributed by atoms with Crippen molar-refractivity contribution in [2.75, 3.05) is 50.0 Å². The number of hydrogen-bond acceptors (Lipinski definition) is 16. The molecule has 0 radical (unpaired) electrons. The smallest absolute Gasteiger partial charge is 0.283 e. The monoisotopic (exact) mass is 1180 g/mol. The topological polar surface area (TPSA) is 251 Å². The molecular weight excluding hydrogens is 1110 g/mol.